The molecule has 5 nitrogen and oxygen atoms in total. The number of rotatable bonds is 7. The first-order valence-electron chi connectivity index (χ1n) is 6.89. The van der Waals surface area contributed by atoms with Gasteiger partial charge in [0.2, 0.25) is 5.95 Å². The number of hydrogen-bond acceptors (Lipinski definition) is 5. The van der Waals surface area contributed by atoms with Crippen LogP contribution in [0.25, 0.3) is 0 Å². The first-order chi connectivity index (χ1) is 9.83. The largest absolute Gasteiger partial charge is 0.492 e. The third-order valence-corrected chi connectivity index (χ3v) is 2.64. The van der Waals surface area contributed by atoms with E-state index in [2.05, 4.69) is 27.5 Å². The maximum absolute atomic E-state index is 5.58. The van der Waals surface area contributed by atoms with Crippen molar-refractivity contribution in [3.63, 3.8) is 0 Å². The minimum Gasteiger partial charge on any atom is -0.492 e. The number of nitrogens with zero attached hydrogens (tertiary/aromatic N) is 2. The topological polar surface area (TPSA) is 59.1 Å². The van der Waals surface area contributed by atoms with Crippen LogP contribution in [0.3, 0.4) is 0 Å². The molecule has 0 unspecified atom stereocenters. The van der Waals surface area contributed by atoms with Gasteiger partial charge in [0, 0.05) is 12.7 Å². The van der Waals surface area contributed by atoms with Gasteiger partial charge in [-0.05, 0) is 31.5 Å². The molecule has 0 spiro atoms. The molecule has 0 atom stereocenters. The zero-order valence-electron chi connectivity index (χ0n) is 11.9. The maximum Gasteiger partial charge on any atom is 0.224 e. The zero-order valence-corrected chi connectivity index (χ0v) is 11.9. The van der Waals surface area contributed by atoms with Crippen LogP contribution in [0, 0.1) is 0 Å². The quantitative estimate of drug-likeness (QED) is 0.808. The Hall–Kier alpha value is -2.30. The van der Waals surface area contributed by atoms with Crippen molar-refractivity contribution in [1.82, 2.24) is 9.97 Å². The normalized spacial score (nSPS) is 10.1. The van der Waals surface area contributed by atoms with Crippen molar-refractivity contribution in [2.24, 2.45) is 0 Å². The molecule has 0 aliphatic rings. The molecule has 0 fully saturated rings. The van der Waals surface area contributed by atoms with Gasteiger partial charge in [-0.3, -0.25) is 0 Å². The Labute approximate surface area is 119 Å². The van der Waals surface area contributed by atoms with Gasteiger partial charge in [-0.1, -0.05) is 19.1 Å². The average Bonchev–Trinajstić information content (AvgIpc) is 2.48. The van der Waals surface area contributed by atoms with E-state index >= 15 is 0 Å². The highest BCUT2D eigenvalue weighted by Gasteiger charge is 2.04. The van der Waals surface area contributed by atoms with Gasteiger partial charge in [-0.2, -0.15) is 4.98 Å². The van der Waals surface area contributed by atoms with Gasteiger partial charge in [0.25, 0.3) is 0 Å². The molecule has 0 amide bonds. The van der Waals surface area contributed by atoms with Crippen molar-refractivity contribution in [2.45, 2.75) is 20.3 Å². The Morgan fingerprint density at radius 1 is 1.15 bits per heavy atom. The number of ether oxygens (including phenoxy) is 1. The standard InChI is InChI=1S/C15H20N4O/c1-3-10-16-15-17-11-9-14(19-15)18-12-7-5-6-8-13(12)20-4-2/h5-9,11H,3-4,10H2,1-2H3,(H2,16,17,18,19). The van der Waals surface area contributed by atoms with Gasteiger partial charge in [0.05, 0.1) is 12.3 Å². The van der Waals surface area contributed by atoms with Gasteiger partial charge in [-0.25, -0.2) is 4.98 Å². The number of hydrogen-bond donors (Lipinski definition) is 2. The fourth-order valence-electron chi connectivity index (χ4n) is 1.74. The van der Waals surface area contributed by atoms with Gasteiger partial charge in [0.15, 0.2) is 0 Å². The molecule has 0 radical (unpaired) electrons. The van der Waals surface area contributed by atoms with Crippen LogP contribution < -0.4 is 15.4 Å². The van der Waals surface area contributed by atoms with Crippen LogP contribution >= 0.6 is 0 Å². The van der Waals surface area contributed by atoms with Crippen molar-refractivity contribution in [3.05, 3.63) is 36.5 Å². The second-order valence-corrected chi connectivity index (χ2v) is 4.25. The predicted molar refractivity (Wildman–Crippen MR) is 81.7 cm³/mol. The number of anilines is 3. The highest BCUT2D eigenvalue weighted by Crippen LogP contribution is 2.26. The van der Waals surface area contributed by atoms with Gasteiger partial charge < -0.3 is 15.4 Å². The van der Waals surface area contributed by atoms with E-state index in [9.17, 15) is 0 Å². The summed E-state index contributed by atoms with van der Waals surface area (Å²) in [6.45, 7) is 5.56. The van der Waals surface area contributed by atoms with Gasteiger partial charge in [0.1, 0.15) is 11.6 Å². The molecular formula is C15H20N4O. The lowest BCUT2D eigenvalue weighted by atomic mass is 10.3. The molecule has 0 saturated carbocycles. The first-order valence-corrected chi connectivity index (χ1v) is 6.89. The highest BCUT2D eigenvalue weighted by atomic mass is 16.5. The molecule has 2 aromatic rings. The van der Waals surface area contributed by atoms with Crippen molar-refractivity contribution in [1.29, 1.82) is 0 Å². The monoisotopic (exact) mass is 272 g/mol. The summed E-state index contributed by atoms with van der Waals surface area (Å²) < 4.78 is 5.58. The summed E-state index contributed by atoms with van der Waals surface area (Å²) in [6.07, 6.45) is 2.77. The fraction of sp³-hybridized carbons (Fsp3) is 0.333. The molecule has 2 rings (SSSR count). The van der Waals surface area contributed by atoms with E-state index in [0.29, 0.717) is 12.6 Å². The molecule has 0 aliphatic heterocycles. The predicted octanol–water partition coefficient (Wildman–Crippen LogP) is 3.44. The lowest BCUT2D eigenvalue weighted by Gasteiger charge is -2.12. The lowest BCUT2D eigenvalue weighted by Crippen LogP contribution is -2.05. The van der Waals surface area contributed by atoms with Gasteiger partial charge >= 0.3 is 0 Å². The van der Waals surface area contributed by atoms with E-state index in [1.807, 2.05) is 37.3 Å². The molecule has 106 valence electrons. The second kappa shape index (κ2) is 7.33. The Bertz CT molecular complexity index is 545. The minimum absolute atomic E-state index is 0.630. The summed E-state index contributed by atoms with van der Waals surface area (Å²) in [4.78, 5) is 8.60. The van der Waals surface area contributed by atoms with Gasteiger partial charge in [-0.15, -0.1) is 0 Å². The molecule has 0 saturated heterocycles. The second-order valence-electron chi connectivity index (χ2n) is 4.25. The number of para-hydroxylation sites is 2. The Balaban J connectivity index is 2.13. The Kier molecular flexibility index (Phi) is 5.17. The van der Waals surface area contributed by atoms with Crippen LogP contribution in [-0.2, 0) is 0 Å². The van der Waals surface area contributed by atoms with E-state index in [-0.39, 0.29) is 0 Å². The summed E-state index contributed by atoms with van der Waals surface area (Å²) >= 11 is 0. The highest BCUT2D eigenvalue weighted by molar-refractivity contribution is 5.64. The summed E-state index contributed by atoms with van der Waals surface area (Å²) in [5.74, 6) is 2.19. The smallest absolute Gasteiger partial charge is 0.224 e. The van der Waals surface area contributed by atoms with Crippen LogP contribution in [0.15, 0.2) is 36.5 Å². The van der Waals surface area contributed by atoms with Crippen LogP contribution in [0.5, 0.6) is 5.75 Å². The molecule has 20 heavy (non-hydrogen) atoms. The Morgan fingerprint density at radius 2 is 2.00 bits per heavy atom. The zero-order chi connectivity index (χ0) is 14.2. The van der Waals surface area contributed by atoms with Crippen molar-refractivity contribution in [3.8, 4) is 5.75 Å². The summed E-state index contributed by atoms with van der Waals surface area (Å²) in [6, 6.07) is 9.64. The maximum atomic E-state index is 5.58. The molecule has 1 aromatic carbocycles. The van der Waals surface area contributed by atoms with Crippen molar-refractivity contribution in [2.75, 3.05) is 23.8 Å². The van der Waals surface area contributed by atoms with E-state index in [1.54, 1.807) is 6.20 Å². The lowest BCUT2D eigenvalue weighted by molar-refractivity contribution is 0.342. The molecule has 5 heteroatoms. The molecule has 1 heterocycles. The average molecular weight is 272 g/mol. The molecule has 2 N–H and O–H groups in total. The molecule has 0 bridgehead atoms. The molecule has 1 aromatic heterocycles. The number of aromatic nitrogens is 2. The first kappa shape index (κ1) is 14.1. The van der Waals surface area contributed by atoms with Crippen LogP contribution in [0.1, 0.15) is 20.3 Å². The van der Waals surface area contributed by atoms with E-state index in [1.165, 1.54) is 0 Å². The van der Waals surface area contributed by atoms with Crippen LogP contribution in [-0.4, -0.2) is 23.1 Å². The van der Waals surface area contributed by atoms with Crippen LogP contribution in [0.2, 0.25) is 0 Å². The summed E-state index contributed by atoms with van der Waals surface area (Å²) in [7, 11) is 0. The summed E-state index contributed by atoms with van der Waals surface area (Å²) in [5.41, 5.74) is 0.898. The molecular weight excluding hydrogens is 252 g/mol. The Morgan fingerprint density at radius 3 is 2.80 bits per heavy atom. The number of benzene rings is 1. The fourth-order valence-corrected chi connectivity index (χ4v) is 1.74. The van der Waals surface area contributed by atoms with E-state index in [0.717, 1.165) is 30.2 Å². The van der Waals surface area contributed by atoms with Crippen molar-refractivity contribution < 1.29 is 4.74 Å². The van der Waals surface area contributed by atoms with E-state index in [4.69, 9.17) is 4.74 Å². The number of nitrogens with one attached hydrogen (secondary N) is 2. The minimum atomic E-state index is 0.630. The molecule has 0 aliphatic carbocycles. The van der Waals surface area contributed by atoms with Crippen LogP contribution in [0.4, 0.5) is 17.5 Å². The summed E-state index contributed by atoms with van der Waals surface area (Å²) in [5, 5.41) is 6.42. The SMILES string of the molecule is CCCNc1nccc(Nc2ccccc2OCC)n1. The van der Waals surface area contributed by atoms with Crippen molar-refractivity contribution >= 4 is 17.5 Å². The van der Waals surface area contributed by atoms with E-state index < -0.39 is 0 Å². The third kappa shape index (κ3) is 3.85. The third-order valence-electron chi connectivity index (χ3n) is 2.64.